The number of benzene rings is 1. The lowest BCUT2D eigenvalue weighted by atomic mass is 9.85. The largest absolute Gasteiger partial charge is 0.327 e. The molecule has 2 aliphatic heterocycles. The molecular formula is C16H18N2O2. The predicted molar refractivity (Wildman–Crippen MR) is 73.9 cm³/mol. The second kappa shape index (κ2) is 4.33. The molecule has 1 aliphatic carbocycles. The lowest BCUT2D eigenvalue weighted by Gasteiger charge is -2.29. The molecule has 4 heteroatoms. The van der Waals surface area contributed by atoms with Crippen molar-refractivity contribution in [1.29, 1.82) is 0 Å². The van der Waals surface area contributed by atoms with E-state index < -0.39 is 0 Å². The third kappa shape index (κ3) is 1.67. The topological polar surface area (TPSA) is 40.6 Å². The quantitative estimate of drug-likeness (QED) is 0.773. The van der Waals surface area contributed by atoms with Crippen LogP contribution >= 0.6 is 0 Å². The van der Waals surface area contributed by atoms with Gasteiger partial charge >= 0.3 is 6.03 Å². The fourth-order valence-corrected chi connectivity index (χ4v) is 3.48. The summed E-state index contributed by atoms with van der Waals surface area (Å²) in [5.41, 5.74) is 2.38. The number of imide groups is 1. The summed E-state index contributed by atoms with van der Waals surface area (Å²) >= 11 is 0. The van der Waals surface area contributed by atoms with Crippen LogP contribution in [0.2, 0.25) is 0 Å². The van der Waals surface area contributed by atoms with Crippen LogP contribution in [0.3, 0.4) is 0 Å². The summed E-state index contributed by atoms with van der Waals surface area (Å²) in [5.74, 6) is 0.544. The molecule has 1 saturated heterocycles. The smallest absolute Gasteiger partial charge is 0.308 e. The van der Waals surface area contributed by atoms with E-state index in [9.17, 15) is 9.59 Å². The molecule has 0 radical (unpaired) electrons. The Morgan fingerprint density at radius 2 is 1.85 bits per heavy atom. The fourth-order valence-electron chi connectivity index (χ4n) is 3.48. The van der Waals surface area contributed by atoms with Crippen molar-refractivity contribution >= 4 is 11.9 Å². The van der Waals surface area contributed by atoms with Crippen LogP contribution in [0.5, 0.6) is 0 Å². The van der Waals surface area contributed by atoms with Crippen LogP contribution in [0.1, 0.15) is 30.4 Å². The maximum absolute atomic E-state index is 12.5. The Labute approximate surface area is 118 Å². The Morgan fingerprint density at radius 3 is 2.55 bits per heavy atom. The third-order valence-electron chi connectivity index (χ3n) is 4.94. The third-order valence-corrected chi connectivity index (χ3v) is 4.94. The van der Waals surface area contributed by atoms with Crippen molar-refractivity contribution in [2.75, 3.05) is 6.54 Å². The van der Waals surface area contributed by atoms with E-state index in [2.05, 4.69) is 12.1 Å². The summed E-state index contributed by atoms with van der Waals surface area (Å²) in [5, 5.41) is 0. The van der Waals surface area contributed by atoms with E-state index in [0.717, 1.165) is 12.8 Å². The van der Waals surface area contributed by atoms with Gasteiger partial charge in [0.1, 0.15) is 6.04 Å². The van der Waals surface area contributed by atoms with Crippen LogP contribution < -0.4 is 0 Å². The molecule has 3 aliphatic rings. The SMILES string of the molecule is O=C1C2Cc3ccccc3CN2C(=O)N1CC1CCC1. The molecule has 1 unspecified atom stereocenters. The molecular weight excluding hydrogens is 252 g/mol. The summed E-state index contributed by atoms with van der Waals surface area (Å²) in [6, 6.07) is 7.77. The molecule has 1 aromatic carbocycles. The maximum atomic E-state index is 12.5. The monoisotopic (exact) mass is 270 g/mol. The first-order valence-electron chi connectivity index (χ1n) is 7.43. The Bertz CT molecular complexity index is 537. The van der Waals surface area contributed by atoms with E-state index in [0.29, 0.717) is 25.4 Å². The molecule has 1 atom stereocenters. The van der Waals surface area contributed by atoms with Crippen molar-refractivity contribution in [3.8, 4) is 0 Å². The number of amides is 3. The van der Waals surface area contributed by atoms with Crippen LogP contribution in [0, 0.1) is 5.92 Å². The van der Waals surface area contributed by atoms with E-state index in [-0.39, 0.29) is 18.0 Å². The second-order valence-corrected chi connectivity index (χ2v) is 6.14. The van der Waals surface area contributed by atoms with Gasteiger partial charge in [-0.2, -0.15) is 0 Å². The van der Waals surface area contributed by atoms with Gasteiger partial charge in [-0.3, -0.25) is 9.69 Å². The molecule has 0 spiro atoms. The van der Waals surface area contributed by atoms with Gasteiger partial charge < -0.3 is 4.90 Å². The number of fused-ring (bicyclic) bond motifs is 2. The number of rotatable bonds is 2. The minimum Gasteiger partial charge on any atom is -0.308 e. The molecule has 0 aromatic heterocycles. The van der Waals surface area contributed by atoms with E-state index in [1.165, 1.54) is 22.4 Å². The van der Waals surface area contributed by atoms with Crippen molar-refractivity contribution in [2.24, 2.45) is 5.92 Å². The van der Waals surface area contributed by atoms with Crippen LogP contribution in [-0.4, -0.2) is 34.3 Å². The average Bonchev–Trinajstić information content (AvgIpc) is 2.64. The van der Waals surface area contributed by atoms with Crippen molar-refractivity contribution in [2.45, 2.75) is 38.3 Å². The summed E-state index contributed by atoms with van der Waals surface area (Å²) in [4.78, 5) is 28.2. The Hall–Kier alpha value is -1.84. The number of urea groups is 1. The van der Waals surface area contributed by atoms with E-state index in [1.54, 1.807) is 4.90 Å². The highest BCUT2D eigenvalue weighted by atomic mass is 16.2. The summed E-state index contributed by atoms with van der Waals surface area (Å²) in [6.07, 6.45) is 4.21. The van der Waals surface area contributed by atoms with E-state index >= 15 is 0 Å². The minimum absolute atomic E-state index is 0.0106. The van der Waals surface area contributed by atoms with Gasteiger partial charge in [0, 0.05) is 19.5 Å². The molecule has 4 nitrogen and oxygen atoms in total. The highest BCUT2D eigenvalue weighted by Gasteiger charge is 2.47. The maximum Gasteiger partial charge on any atom is 0.327 e. The number of nitrogens with zero attached hydrogens (tertiary/aromatic N) is 2. The zero-order valence-electron chi connectivity index (χ0n) is 11.4. The fraction of sp³-hybridized carbons (Fsp3) is 0.500. The first-order valence-corrected chi connectivity index (χ1v) is 7.43. The predicted octanol–water partition coefficient (Wildman–Crippen LogP) is 2.18. The van der Waals surface area contributed by atoms with Crippen LogP contribution in [0.4, 0.5) is 4.79 Å². The van der Waals surface area contributed by atoms with Gasteiger partial charge in [0.15, 0.2) is 0 Å². The molecule has 1 aromatic rings. The van der Waals surface area contributed by atoms with Gasteiger partial charge in [-0.15, -0.1) is 0 Å². The molecule has 1 saturated carbocycles. The van der Waals surface area contributed by atoms with Crippen molar-refractivity contribution in [3.63, 3.8) is 0 Å². The molecule has 3 amide bonds. The van der Waals surface area contributed by atoms with Gasteiger partial charge in [-0.05, 0) is 29.9 Å². The average molecular weight is 270 g/mol. The zero-order valence-corrected chi connectivity index (χ0v) is 11.4. The molecule has 2 heterocycles. The first-order chi connectivity index (χ1) is 9.74. The van der Waals surface area contributed by atoms with Crippen LogP contribution in [-0.2, 0) is 17.8 Å². The number of hydrogen-bond donors (Lipinski definition) is 0. The van der Waals surface area contributed by atoms with Crippen molar-refractivity contribution in [1.82, 2.24) is 9.80 Å². The van der Waals surface area contributed by atoms with Crippen molar-refractivity contribution < 1.29 is 9.59 Å². The van der Waals surface area contributed by atoms with Crippen LogP contribution in [0.25, 0.3) is 0 Å². The van der Waals surface area contributed by atoms with E-state index in [1.807, 2.05) is 12.1 Å². The lowest BCUT2D eigenvalue weighted by molar-refractivity contribution is -0.129. The minimum atomic E-state index is -0.266. The highest BCUT2D eigenvalue weighted by molar-refractivity contribution is 6.04. The second-order valence-electron chi connectivity index (χ2n) is 6.14. The molecule has 4 rings (SSSR count). The van der Waals surface area contributed by atoms with Gasteiger partial charge in [-0.25, -0.2) is 4.79 Å². The summed E-state index contributed by atoms with van der Waals surface area (Å²) in [6.45, 7) is 1.20. The first kappa shape index (κ1) is 11.9. The zero-order chi connectivity index (χ0) is 13.7. The Balaban J connectivity index is 1.59. The van der Waals surface area contributed by atoms with Crippen LogP contribution in [0.15, 0.2) is 24.3 Å². The standard InChI is InChI=1S/C16H18N2O2/c19-15-14-8-12-6-1-2-7-13(12)10-17(14)16(20)18(15)9-11-4-3-5-11/h1-2,6-7,11,14H,3-5,8-10H2. The molecule has 104 valence electrons. The van der Waals surface area contributed by atoms with E-state index in [4.69, 9.17) is 0 Å². The van der Waals surface area contributed by atoms with Gasteiger partial charge in [0.05, 0.1) is 0 Å². The van der Waals surface area contributed by atoms with Gasteiger partial charge in [-0.1, -0.05) is 30.7 Å². The van der Waals surface area contributed by atoms with Crippen molar-refractivity contribution in [3.05, 3.63) is 35.4 Å². The van der Waals surface area contributed by atoms with Gasteiger partial charge in [0.2, 0.25) is 0 Å². The molecule has 2 fully saturated rings. The normalized spacial score (nSPS) is 25.5. The number of hydrogen-bond acceptors (Lipinski definition) is 2. The summed E-state index contributed by atoms with van der Waals surface area (Å²) < 4.78 is 0. The summed E-state index contributed by atoms with van der Waals surface area (Å²) in [7, 11) is 0. The Morgan fingerprint density at radius 1 is 1.10 bits per heavy atom. The number of carbonyl (C=O) groups is 2. The molecule has 0 N–H and O–H groups in total. The lowest BCUT2D eigenvalue weighted by Crippen LogP contribution is -2.40. The van der Waals surface area contributed by atoms with Gasteiger partial charge in [0.25, 0.3) is 5.91 Å². The highest BCUT2D eigenvalue weighted by Crippen LogP contribution is 2.33. The molecule has 0 bridgehead atoms. The molecule has 20 heavy (non-hydrogen) atoms. The number of carbonyl (C=O) groups excluding carboxylic acids is 2. The Kier molecular flexibility index (Phi) is 2.59.